The van der Waals surface area contributed by atoms with Crippen LogP contribution in [-0.4, -0.2) is 112 Å². The average Bonchev–Trinajstić information content (AvgIpc) is 3.79. The van der Waals surface area contributed by atoms with Crippen molar-refractivity contribution in [3.63, 3.8) is 0 Å². The number of hydrogen-bond donors (Lipinski definition) is 5. The normalized spacial score (nSPS) is 31.9. The van der Waals surface area contributed by atoms with Gasteiger partial charge in [-0.15, -0.1) is 0 Å². The second kappa shape index (κ2) is 16.4. The van der Waals surface area contributed by atoms with Crippen molar-refractivity contribution in [3.05, 3.63) is 107 Å². The molecule has 3 aliphatic carbocycles. The number of aliphatic hydroxyl groups excluding tert-OH is 2. The predicted octanol–water partition coefficient (Wildman–Crippen LogP) is 3.12. The molecule has 5 N–H and O–H groups in total. The zero-order valence-corrected chi connectivity index (χ0v) is 35.0. The van der Waals surface area contributed by atoms with Crippen molar-refractivity contribution < 1.29 is 72.2 Å². The van der Waals surface area contributed by atoms with Gasteiger partial charge in [0, 0.05) is 30.7 Å². The summed E-state index contributed by atoms with van der Waals surface area (Å²) in [6, 6.07) is 16.1. The molecule has 17 nitrogen and oxygen atoms in total. The summed E-state index contributed by atoms with van der Waals surface area (Å²) in [6.07, 6.45) is -8.99. The highest BCUT2D eigenvalue weighted by molar-refractivity contribution is 5.96. The number of nitrogens with one attached hydrogen (secondary N) is 2. The van der Waals surface area contributed by atoms with Crippen LogP contribution in [0.1, 0.15) is 80.0 Å². The number of Topliss-reactive ketones (excluding diaryl/α,β-unsaturated/α-hetero) is 1. The van der Waals surface area contributed by atoms with Crippen LogP contribution in [0.15, 0.2) is 94.6 Å². The summed E-state index contributed by atoms with van der Waals surface area (Å²) in [5, 5.41) is 42.9. The van der Waals surface area contributed by atoms with Crippen LogP contribution in [0, 0.1) is 16.7 Å². The number of esters is 2. The van der Waals surface area contributed by atoms with Crippen molar-refractivity contribution in [3.8, 4) is 0 Å². The van der Waals surface area contributed by atoms with E-state index in [1.807, 2.05) is 0 Å². The Morgan fingerprint density at radius 1 is 0.919 bits per heavy atom. The Morgan fingerprint density at radius 3 is 2.13 bits per heavy atom. The van der Waals surface area contributed by atoms with Crippen molar-refractivity contribution in [2.24, 2.45) is 16.7 Å². The molecule has 3 aromatic rings. The zero-order chi connectivity index (χ0) is 44.9. The number of ether oxygens (including phenoxy) is 5. The summed E-state index contributed by atoms with van der Waals surface area (Å²) in [5.74, 6) is -5.97. The molecule has 1 saturated heterocycles. The Kier molecular flexibility index (Phi) is 11.7. The second-order valence-electron chi connectivity index (χ2n) is 17.1. The fourth-order valence-corrected chi connectivity index (χ4v) is 10.0. The molecule has 0 unspecified atom stereocenters. The van der Waals surface area contributed by atoms with Crippen molar-refractivity contribution >= 4 is 35.7 Å². The molecule has 3 fully saturated rings. The lowest BCUT2D eigenvalue weighted by molar-refractivity contribution is -0.343. The van der Waals surface area contributed by atoms with E-state index in [4.69, 9.17) is 28.1 Å². The number of furan rings is 1. The highest BCUT2D eigenvalue weighted by Crippen LogP contribution is 2.64. The monoisotopic (exact) mass is 858 g/mol. The van der Waals surface area contributed by atoms with Crippen LogP contribution in [0.2, 0.25) is 0 Å². The first-order valence-corrected chi connectivity index (χ1v) is 20.2. The van der Waals surface area contributed by atoms with E-state index < -0.39 is 113 Å². The summed E-state index contributed by atoms with van der Waals surface area (Å²) in [6.45, 7) is 6.75. The van der Waals surface area contributed by atoms with Crippen LogP contribution in [0.3, 0.4) is 0 Å². The molecule has 62 heavy (non-hydrogen) atoms. The largest absolute Gasteiger partial charge is 0.508 e. The van der Waals surface area contributed by atoms with Gasteiger partial charge < -0.3 is 54.1 Å². The Hall–Kier alpha value is -5.88. The van der Waals surface area contributed by atoms with Gasteiger partial charge in [-0.2, -0.15) is 0 Å². The van der Waals surface area contributed by atoms with Crippen LogP contribution in [-0.2, 0) is 38.1 Å². The first-order chi connectivity index (χ1) is 29.3. The number of methoxy groups -OCH3 is 1. The van der Waals surface area contributed by atoms with Gasteiger partial charge in [-0.05, 0) is 61.4 Å². The minimum atomic E-state index is -2.38. The lowest BCUT2D eigenvalue weighted by Gasteiger charge is -2.67. The van der Waals surface area contributed by atoms with Gasteiger partial charge in [-0.1, -0.05) is 50.2 Å². The molecule has 17 heteroatoms. The van der Waals surface area contributed by atoms with Gasteiger partial charge in [-0.3, -0.25) is 19.2 Å². The van der Waals surface area contributed by atoms with Crippen LogP contribution in [0.5, 0.6) is 0 Å². The fraction of sp³-hybridized carbons (Fsp3) is 0.467. The van der Waals surface area contributed by atoms with Gasteiger partial charge in [0.05, 0.1) is 49.0 Å². The molecule has 4 aliphatic rings. The smallest absolute Gasteiger partial charge is 0.467 e. The number of fused-ring (bicyclic) bond motifs is 5. The van der Waals surface area contributed by atoms with Gasteiger partial charge in [-0.25, -0.2) is 9.59 Å². The van der Waals surface area contributed by atoms with Crippen molar-refractivity contribution in [1.82, 2.24) is 10.6 Å². The number of carbonyl (C=O) groups is 6. The van der Waals surface area contributed by atoms with Crippen LogP contribution < -0.4 is 10.6 Å². The molecular formula is C45H50N2O15. The lowest BCUT2D eigenvalue weighted by atomic mass is 9.44. The molecule has 0 radical (unpaired) electrons. The summed E-state index contributed by atoms with van der Waals surface area (Å²) >= 11 is 0. The lowest BCUT2D eigenvalue weighted by Crippen LogP contribution is -2.82. The molecule has 7 rings (SSSR count). The number of hydrogen-bond acceptors (Lipinski definition) is 15. The molecule has 2 heterocycles. The molecule has 11 atom stereocenters. The highest BCUT2D eigenvalue weighted by Gasteiger charge is 2.78. The second-order valence-corrected chi connectivity index (χ2v) is 17.1. The number of amides is 2. The number of aliphatic hydroxyl groups is 3. The number of rotatable bonds is 10. The minimum Gasteiger partial charge on any atom is -0.467 e. The Labute approximate surface area is 356 Å². The summed E-state index contributed by atoms with van der Waals surface area (Å²) in [4.78, 5) is 83.6. The number of ketones is 1. The van der Waals surface area contributed by atoms with Crippen molar-refractivity contribution in [1.29, 1.82) is 0 Å². The molecule has 0 spiro atoms. The zero-order valence-electron chi connectivity index (χ0n) is 35.0. The third-order valence-electron chi connectivity index (χ3n) is 13.4. The maximum Gasteiger partial charge on any atom is 0.508 e. The first kappa shape index (κ1) is 44.2. The minimum absolute atomic E-state index is 0.0220. The molecule has 2 amide bonds. The highest BCUT2D eigenvalue weighted by atomic mass is 16.8. The Bertz CT molecular complexity index is 2260. The summed E-state index contributed by atoms with van der Waals surface area (Å²) in [7, 11) is 1.07. The van der Waals surface area contributed by atoms with Crippen LogP contribution >= 0.6 is 0 Å². The quantitative estimate of drug-likeness (QED) is 0.112. The molecule has 330 valence electrons. The van der Waals surface area contributed by atoms with Gasteiger partial charge in [0.1, 0.15) is 29.6 Å². The van der Waals surface area contributed by atoms with Crippen molar-refractivity contribution in [2.45, 2.75) is 101 Å². The van der Waals surface area contributed by atoms with Crippen molar-refractivity contribution in [2.75, 3.05) is 13.7 Å². The third-order valence-corrected chi connectivity index (χ3v) is 13.4. The van der Waals surface area contributed by atoms with Crippen LogP contribution in [0.25, 0.3) is 0 Å². The van der Waals surface area contributed by atoms with Crippen LogP contribution in [0.4, 0.5) is 4.79 Å². The first-order valence-electron chi connectivity index (χ1n) is 20.2. The molecule has 2 aromatic carbocycles. The van der Waals surface area contributed by atoms with Gasteiger partial charge >= 0.3 is 18.1 Å². The SMILES string of the molecule is COC(=O)O[C@@]12CO[C@@H]1C[C@H](O)[C@@]1(C)C(=O)[C@H](OC(C)=O)C3=C(C)[C@@H](NC(=O)[C@H](O)[C@H](NC(=O)c4ccccc4)c4ccco4)C[C@@](O)([C@@H](OC(=O)c4ccccc4)[C@H]21)C3(C)C. The molecular weight excluding hydrogens is 808 g/mol. The standard InChI is InChI=1S/C45H50N2O15/c1-23-27(46-39(53)33(50)32(28-18-13-19-58-28)47-38(52)25-14-9-7-10-15-25)21-45(56)37(61-40(54)26-16-11-8-12-17-26)35-43(5,36(51)34(60-24(2)48)31(23)42(45,3)4)29(49)20-30-44(35,22-59-30)62-41(55)57-6/h7-19,27,29-30,32-35,37,49-50,56H,20-22H2,1-6H3,(H,46,53)(H,47,52)/t27-,29-,30+,32+,33+,34+,35-,37-,43+,44-,45+/m0/s1. The van der Waals surface area contributed by atoms with Gasteiger partial charge in [0.25, 0.3) is 11.8 Å². The van der Waals surface area contributed by atoms with Gasteiger partial charge in [0.2, 0.25) is 0 Å². The topological polar surface area (TPSA) is 246 Å². The predicted molar refractivity (Wildman–Crippen MR) is 214 cm³/mol. The molecule has 1 aromatic heterocycles. The summed E-state index contributed by atoms with van der Waals surface area (Å²) in [5.41, 5.74) is -7.47. The maximum atomic E-state index is 15.5. The van der Waals surface area contributed by atoms with Gasteiger partial charge in [0.15, 0.2) is 23.6 Å². The van der Waals surface area contributed by atoms with E-state index in [0.717, 1.165) is 14.0 Å². The summed E-state index contributed by atoms with van der Waals surface area (Å²) < 4.78 is 34.5. The van der Waals surface area contributed by atoms with E-state index in [2.05, 4.69) is 10.6 Å². The average molecular weight is 859 g/mol. The molecule has 2 saturated carbocycles. The van der Waals surface area contributed by atoms with E-state index in [1.54, 1.807) is 69.3 Å². The Balaban J connectivity index is 1.39. The van der Waals surface area contributed by atoms with E-state index >= 15 is 4.79 Å². The number of benzene rings is 2. The molecule has 2 bridgehead atoms. The maximum absolute atomic E-state index is 15.5. The van der Waals surface area contributed by atoms with E-state index in [-0.39, 0.29) is 41.1 Å². The fourth-order valence-electron chi connectivity index (χ4n) is 10.0. The molecule has 1 aliphatic heterocycles. The van der Waals surface area contributed by atoms with E-state index in [0.29, 0.717) is 0 Å². The number of carbonyl (C=O) groups excluding carboxylic acids is 6. The third kappa shape index (κ3) is 7.15. The Morgan fingerprint density at radius 2 is 1.56 bits per heavy atom. The van der Waals surface area contributed by atoms with E-state index in [9.17, 15) is 39.3 Å². The van der Waals surface area contributed by atoms with E-state index in [1.165, 1.54) is 37.5 Å².